The number of carbonyl (C=O) groups excluding carboxylic acids is 1. The number of ether oxygens (including phenoxy) is 1. The number of hydrogen-bond acceptors (Lipinski definition) is 3. The topological polar surface area (TPSA) is 50.4 Å². The Balaban J connectivity index is 2.32. The molecule has 0 radical (unpaired) electrons. The number of carbonyl (C=O) groups is 1. The number of likely N-dealkylation sites (N-methyl/N-ethyl adjacent to an activating group) is 1. The summed E-state index contributed by atoms with van der Waals surface area (Å²) in [5.41, 5.74) is 1.77. The van der Waals surface area contributed by atoms with Gasteiger partial charge in [0.1, 0.15) is 11.8 Å². The fourth-order valence-electron chi connectivity index (χ4n) is 1.88. The first-order valence-corrected chi connectivity index (χ1v) is 5.51. The largest absolute Gasteiger partial charge is 0.491 e. The van der Waals surface area contributed by atoms with Gasteiger partial charge in [0.25, 0.3) is 0 Å². The summed E-state index contributed by atoms with van der Waals surface area (Å²) in [5, 5.41) is 5.84. The van der Waals surface area contributed by atoms with E-state index in [2.05, 4.69) is 17.6 Å². The van der Waals surface area contributed by atoms with Gasteiger partial charge in [-0.25, -0.2) is 0 Å². The smallest absolute Gasteiger partial charge is 0.246 e. The summed E-state index contributed by atoms with van der Waals surface area (Å²) in [6.45, 7) is 2.72. The van der Waals surface area contributed by atoms with Crippen molar-refractivity contribution in [2.24, 2.45) is 0 Å². The van der Waals surface area contributed by atoms with Crippen LogP contribution in [0.15, 0.2) is 18.2 Å². The molecule has 0 aromatic heterocycles. The monoisotopic (exact) mass is 220 g/mol. The molecule has 4 heteroatoms. The Morgan fingerprint density at radius 1 is 1.50 bits per heavy atom. The molecule has 0 bridgehead atoms. The molecule has 0 saturated carbocycles. The molecule has 1 aromatic rings. The molecular formula is C12H16N2O2. The van der Waals surface area contributed by atoms with Crippen LogP contribution in [0.1, 0.15) is 24.9 Å². The van der Waals surface area contributed by atoms with Crippen LogP contribution in [-0.2, 0) is 4.79 Å². The molecule has 86 valence electrons. The molecule has 1 atom stereocenters. The minimum atomic E-state index is -0.264. The highest BCUT2D eigenvalue weighted by Gasteiger charge is 2.31. The minimum Gasteiger partial charge on any atom is -0.491 e. The highest BCUT2D eigenvalue weighted by Crippen LogP contribution is 2.37. The lowest BCUT2D eigenvalue weighted by molar-refractivity contribution is -0.117. The van der Waals surface area contributed by atoms with Crippen LogP contribution in [0.4, 0.5) is 5.69 Å². The standard InChI is InChI=1S/C12H16N2O2/c1-3-7-16-9-6-4-5-8-10(9)14-12(15)11(8)13-2/h4-6,11,13H,3,7H2,1-2H3,(H,14,15). The maximum atomic E-state index is 11.7. The molecule has 0 aliphatic carbocycles. The molecule has 1 amide bonds. The van der Waals surface area contributed by atoms with E-state index in [1.165, 1.54) is 0 Å². The van der Waals surface area contributed by atoms with Gasteiger partial charge in [0.15, 0.2) is 0 Å². The molecule has 0 saturated heterocycles. The second-order valence-corrected chi connectivity index (χ2v) is 3.78. The summed E-state index contributed by atoms with van der Waals surface area (Å²) in [7, 11) is 1.78. The number of fused-ring (bicyclic) bond motifs is 1. The van der Waals surface area contributed by atoms with Gasteiger partial charge in [0.2, 0.25) is 5.91 Å². The lowest BCUT2D eigenvalue weighted by Crippen LogP contribution is -2.23. The van der Waals surface area contributed by atoms with Gasteiger partial charge in [0, 0.05) is 5.56 Å². The Bertz CT molecular complexity index is 404. The molecule has 2 N–H and O–H groups in total. The van der Waals surface area contributed by atoms with Gasteiger partial charge in [-0.2, -0.15) is 0 Å². The molecule has 2 rings (SSSR count). The summed E-state index contributed by atoms with van der Waals surface area (Å²) in [5.74, 6) is 0.732. The Kier molecular flexibility index (Phi) is 3.10. The van der Waals surface area contributed by atoms with Gasteiger partial charge in [-0.15, -0.1) is 0 Å². The third-order valence-corrected chi connectivity index (χ3v) is 2.63. The molecule has 16 heavy (non-hydrogen) atoms. The van der Waals surface area contributed by atoms with Crippen molar-refractivity contribution in [2.45, 2.75) is 19.4 Å². The normalized spacial score (nSPS) is 18.1. The second-order valence-electron chi connectivity index (χ2n) is 3.78. The van der Waals surface area contributed by atoms with Crippen molar-refractivity contribution < 1.29 is 9.53 Å². The fourth-order valence-corrected chi connectivity index (χ4v) is 1.88. The van der Waals surface area contributed by atoms with E-state index in [9.17, 15) is 4.79 Å². The first-order valence-electron chi connectivity index (χ1n) is 5.51. The van der Waals surface area contributed by atoms with E-state index >= 15 is 0 Å². The van der Waals surface area contributed by atoms with E-state index in [0.717, 1.165) is 23.4 Å². The van der Waals surface area contributed by atoms with Gasteiger partial charge in [-0.05, 0) is 19.5 Å². The lowest BCUT2D eigenvalue weighted by atomic mass is 10.1. The molecule has 1 aromatic carbocycles. The van der Waals surface area contributed by atoms with Crippen LogP contribution in [0.2, 0.25) is 0 Å². The van der Waals surface area contributed by atoms with Crippen LogP contribution in [-0.4, -0.2) is 19.6 Å². The van der Waals surface area contributed by atoms with Crippen LogP contribution in [0.3, 0.4) is 0 Å². The molecule has 0 fully saturated rings. The Morgan fingerprint density at radius 3 is 3.00 bits per heavy atom. The number of hydrogen-bond donors (Lipinski definition) is 2. The van der Waals surface area contributed by atoms with Crippen LogP contribution in [0.25, 0.3) is 0 Å². The zero-order valence-corrected chi connectivity index (χ0v) is 9.54. The Morgan fingerprint density at radius 2 is 2.31 bits per heavy atom. The van der Waals surface area contributed by atoms with Gasteiger partial charge >= 0.3 is 0 Å². The average Bonchev–Trinajstić information content (AvgIpc) is 2.62. The van der Waals surface area contributed by atoms with Crippen molar-refractivity contribution in [1.29, 1.82) is 0 Å². The van der Waals surface area contributed by atoms with E-state index in [-0.39, 0.29) is 11.9 Å². The molecular weight excluding hydrogens is 204 g/mol. The van der Waals surface area contributed by atoms with Crippen molar-refractivity contribution >= 4 is 11.6 Å². The number of nitrogens with one attached hydrogen (secondary N) is 2. The molecule has 1 heterocycles. The SMILES string of the molecule is CCCOc1cccc2c1NC(=O)C2NC. The summed E-state index contributed by atoms with van der Waals surface area (Å²) in [4.78, 5) is 11.7. The zero-order valence-electron chi connectivity index (χ0n) is 9.54. The molecule has 1 aliphatic heterocycles. The maximum Gasteiger partial charge on any atom is 0.246 e. The second kappa shape index (κ2) is 4.53. The van der Waals surface area contributed by atoms with Crippen molar-refractivity contribution in [2.75, 3.05) is 19.0 Å². The Labute approximate surface area is 95.0 Å². The molecule has 1 aliphatic rings. The molecule has 1 unspecified atom stereocenters. The highest BCUT2D eigenvalue weighted by atomic mass is 16.5. The third kappa shape index (κ3) is 1.76. The van der Waals surface area contributed by atoms with Gasteiger partial charge in [-0.1, -0.05) is 19.1 Å². The van der Waals surface area contributed by atoms with E-state index in [1.54, 1.807) is 7.05 Å². The number of benzene rings is 1. The van der Waals surface area contributed by atoms with Crippen molar-refractivity contribution in [1.82, 2.24) is 5.32 Å². The molecule has 0 spiro atoms. The first-order chi connectivity index (χ1) is 7.77. The van der Waals surface area contributed by atoms with Crippen LogP contribution >= 0.6 is 0 Å². The van der Waals surface area contributed by atoms with Crippen molar-refractivity contribution in [3.05, 3.63) is 23.8 Å². The summed E-state index contributed by atoms with van der Waals surface area (Å²) in [6.07, 6.45) is 0.951. The number of rotatable bonds is 4. The van der Waals surface area contributed by atoms with E-state index in [4.69, 9.17) is 4.74 Å². The van der Waals surface area contributed by atoms with Gasteiger partial charge < -0.3 is 15.4 Å². The minimum absolute atomic E-state index is 0.0231. The molecule has 4 nitrogen and oxygen atoms in total. The summed E-state index contributed by atoms with van der Waals surface area (Å²) in [6, 6.07) is 5.47. The Hall–Kier alpha value is -1.55. The zero-order chi connectivity index (χ0) is 11.5. The van der Waals surface area contributed by atoms with Crippen molar-refractivity contribution in [3.63, 3.8) is 0 Å². The van der Waals surface area contributed by atoms with E-state index in [0.29, 0.717) is 6.61 Å². The fraction of sp³-hybridized carbons (Fsp3) is 0.417. The number of amides is 1. The van der Waals surface area contributed by atoms with E-state index < -0.39 is 0 Å². The van der Waals surface area contributed by atoms with Crippen LogP contribution < -0.4 is 15.4 Å². The van der Waals surface area contributed by atoms with Crippen molar-refractivity contribution in [3.8, 4) is 5.75 Å². The quantitative estimate of drug-likeness (QED) is 0.811. The summed E-state index contributed by atoms with van der Waals surface area (Å²) >= 11 is 0. The van der Waals surface area contributed by atoms with Crippen LogP contribution in [0.5, 0.6) is 5.75 Å². The highest BCUT2D eigenvalue weighted by molar-refractivity contribution is 6.04. The number of anilines is 1. The lowest BCUT2D eigenvalue weighted by Gasteiger charge is -2.10. The van der Waals surface area contributed by atoms with Crippen LogP contribution in [0, 0.1) is 0 Å². The predicted molar refractivity (Wildman–Crippen MR) is 62.7 cm³/mol. The van der Waals surface area contributed by atoms with Gasteiger partial charge in [0.05, 0.1) is 12.3 Å². The first kappa shape index (κ1) is 11.0. The van der Waals surface area contributed by atoms with Gasteiger partial charge in [-0.3, -0.25) is 4.79 Å². The number of para-hydroxylation sites is 1. The van der Waals surface area contributed by atoms with E-state index in [1.807, 2.05) is 18.2 Å². The average molecular weight is 220 g/mol. The summed E-state index contributed by atoms with van der Waals surface area (Å²) < 4.78 is 5.60. The predicted octanol–water partition coefficient (Wildman–Crippen LogP) is 1.69. The third-order valence-electron chi connectivity index (χ3n) is 2.63. The maximum absolute atomic E-state index is 11.7.